The van der Waals surface area contributed by atoms with Crippen molar-refractivity contribution in [3.05, 3.63) is 36.1 Å². The number of carbonyl (C=O) groups is 2. The fourth-order valence-electron chi connectivity index (χ4n) is 2.18. The molecule has 1 unspecified atom stereocenters. The molecule has 0 aromatic carbocycles. The van der Waals surface area contributed by atoms with Crippen LogP contribution in [0.5, 0.6) is 0 Å². The van der Waals surface area contributed by atoms with E-state index in [0.717, 1.165) is 12.8 Å². The van der Waals surface area contributed by atoms with E-state index >= 15 is 0 Å². The molecule has 148 valence electrons. The summed E-state index contributed by atoms with van der Waals surface area (Å²) in [6.07, 6.45) is 11.0. The van der Waals surface area contributed by atoms with Gasteiger partial charge in [-0.1, -0.05) is 24.3 Å². The molecule has 0 heterocycles. The van der Waals surface area contributed by atoms with Gasteiger partial charge in [-0.2, -0.15) is 0 Å². The van der Waals surface area contributed by atoms with Gasteiger partial charge in [-0.15, -0.1) is 0 Å². The van der Waals surface area contributed by atoms with Crippen LogP contribution in [0.2, 0.25) is 0 Å². The van der Waals surface area contributed by atoms with Crippen molar-refractivity contribution in [2.24, 2.45) is 0 Å². The van der Waals surface area contributed by atoms with Gasteiger partial charge in [0.05, 0.1) is 13.2 Å². The first kappa shape index (κ1) is 23.9. The van der Waals surface area contributed by atoms with Crippen molar-refractivity contribution in [2.75, 3.05) is 26.3 Å². The van der Waals surface area contributed by atoms with E-state index in [0.29, 0.717) is 13.1 Å². The third-order valence-corrected chi connectivity index (χ3v) is 3.53. The number of esters is 2. The van der Waals surface area contributed by atoms with E-state index in [2.05, 4.69) is 10.6 Å². The summed E-state index contributed by atoms with van der Waals surface area (Å²) in [6.45, 7) is 10.7. The number of hydrogen-bond acceptors (Lipinski definition) is 6. The number of hydrogen-bond donors (Lipinski definition) is 2. The van der Waals surface area contributed by atoms with Crippen molar-refractivity contribution in [3.8, 4) is 0 Å². The van der Waals surface area contributed by atoms with Crippen LogP contribution in [0.15, 0.2) is 36.1 Å². The molecule has 26 heavy (non-hydrogen) atoms. The Morgan fingerprint density at radius 3 is 2.08 bits per heavy atom. The van der Waals surface area contributed by atoms with Crippen molar-refractivity contribution in [3.63, 3.8) is 0 Å². The standard InChI is InChI=1S/C20H34N2O4/c1-6-10-12-14-21-17(18(23)25-8-3)16-20(5,19(24)26-9-4)22-15-13-11-7-2/h6-7,10-11,16,21-22H,8-9,12-15H2,1-5H3/b10-6+,11-7+,17-16+. The van der Waals surface area contributed by atoms with Gasteiger partial charge in [0.25, 0.3) is 0 Å². The molecule has 0 aromatic heterocycles. The fourth-order valence-corrected chi connectivity index (χ4v) is 2.18. The minimum absolute atomic E-state index is 0.255. The Kier molecular flexibility index (Phi) is 13.0. The second kappa shape index (κ2) is 14.1. The highest BCUT2D eigenvalue weighted by molar-refractivity contribution is 5.91. The van der Waals surface area contributed by atoms with E-state index < -0.39 is 17.5 Å². The van der Waals surface area contributed by atoms with Crippen LogP contribution in [-0.2, 0) is 19.1 Å². The fraction of sp³-hybridized carbons (Fsp3) is 0.600. The molecular formula is C20H34N2O4. The Morgan fingerprint density at radius 1 is 0.962 bits per heavy atom. The van der Waals surface area contributed by atoms with Crippen molar-refractivity contribution in [1.29, 1.82) is 0 Å². The average Bonchev–Trinajstić information content (AvgIpc) is 2.61. The summed E-state index contributed by atoms with van der Waals surface area (Å²) in [7, 11) is 0. The van der Waals surface area contributed by atoms with Crippen molar-refractivity contribution >= 4 is 11.9 Å². The lowest BCUT2D eigenvalue weighted by Gasteiger charge is -2.26. The van der Waals surface area contributed by atoms with Gasteiger partial charge in [-0.25, -0.2) is 9.59 Å². The zero-order valence-electron chi connectivity index (χ0n) is 16.8. The van der Waals surface area contributed by atoms with E-state index in [4.69, 9.17) is 9.47 Å². The molecular weight excluding hydrogens is 332 g/mol. The number of rotatable bonds is 13. The quantitative estimate of drug-likeness (QED) is 0.226. The highest BCUT2D eigenvalue weighted by atomic mass is 16.5. The van der Waals surface area contributed by atoms with Gasteiger partial charge in [0, 0.05) is 6.54 Å². The molecule has 6 heteroatoms. The lowest BCUT2D eigenvalue weighted by molar-refractivity contribution is -0.148. The van der Waals surface area contributed by atoms with E-state index in [1.54, 1.807) is 26.8 Å². The largest absolute Gasteiger partial charge is 0.464 e. The highest BCUT2D eigenvalue weighted by Gasteiger charge is 2.33. The van der Waals surface area contributed by atoms with Crippen LogP contribution in [0, 0.1) is 0 Å². The van der Waals surface area contributed by atoms with E-state index in [1.807, 2.05) is 38.2 Å². The topological polar surface area (TPSA) is 76.7 Å². The predicted octanol–water partition coefficient (Wildman–Crippen LogP) is 2.87. The molecule has 0 aliphatic heterocycles. The van der Waals surface area contributed by atoms with Gasteiger partial charge < -0.3 is 14.8 Å². The van der Waals surface area contributed by atoms with E-state index in [1.165, 1.54) is 0 Å². The van der Waals surface area contributed by atoms with Crippen LogP contribution in [0.3, 0.4) is 0 Å². The third kappa shape index (κ3) is 9.42. The summed E-state index contributed by atoms with van der Waals surface area (Å²) in [6, 6.07) is 0. The second-order valence-electron chi connectivity index (χ2n) is 5.77. The maximum Gasteiger partial charge on any atom is 0.354 e. The monoisotopic (exact) mass is 366 g/mol. The van der Waals surface area contributed by atoms with Crippen molar-refractivity contribution in [2.45, 2.75) is 53.0 Å². The molecule has 0 fully saturated rings. The maximum atomic E-state index is 12.5. The summed E-state index contributed by atoms with van der Waals surface area (Å²) in [5.74, 6) is -0.920. The van der Waals surface area contributed by atoms with Crippen LogP contribution in [-0.4, -0.2) is 43.8 Å². The average molecular weight is 367 g/mol. The summed E-state index contributed by atoms with van der Waals surface area (Å²) >= 11 is 0. The number of ether oxygens (including phenoxy) is 2. The molecule has 0 aliphatic rings. The Labute approximate surface area is 157 Å². The molecule has 6 nitrogen and oxygen atoms in total. The summed E-state index contributed by atoms with van der Waals surface area (Å²) in [5, 5.41) is 6.25. The summed E-state index contributed by atoms with van der Waals surface area (Å²) < 4.78 is 10.3. The molecule has 0 spiro atoms. The van der Waals surface area contributed by atoms with Gasteiger partial charge in [0.15, 0.2) is 0 Å². The molecule has 0 amide bonds. The first-order valence-electron chi connectivity index (χ1n) is 9.23. The molecule has 0 saturated heterocycles. The Hall–Kier alpha value is -2.08. The van der Waals surface area contributed by atoms with Crippen LogP contribution < -0.4 is 10.6 Å². The predicted molar refractivity (Wildman–Crippen MR) is 105 cm³/mol. The molecule has 0 radical (unpaired) electrons. The van der Waals surface area contributed by atoms with Gasteiger partial charge >= 0.3 is 11.9 Å². The number of nitrogens with one attached hydrogen (secondary N) is 2. The summed E-state index contributed by atoms with van der Waals surface area (Å²) in [4.78, 5) is 24.8. The molecule has 0 aromatic rings. The molecule has 0 saturated carbocycles. The second-order valence-corrected chi connectivity index (χ2v) is 5.77. The zero-order valence-corrected chi connectivity index (χ0v) is 16.8. The molecule has 0 bridgehead atoms. The highest BCUT2D eigenvalue weighted by Crippen LogP contribution is 2.13. The zero-order chi connectivity index (χ0) is 19.8. The lowest BCUT2D eigenvalue weighted by Crippen LogP contribution is -2.50. The number of allylic oxidation sites excluding steroid dienone is 2. The molecule has 0 aliphatic carbocycles. The minimum atomic E-state index is -1.13. The smallest absolute Gasteiger partial charge is 0.354 e. The Morgan fingerprint density at radius 2 is 1.54 bits per heavy atom. The first-order chi connectivity index (χ1) is 12.4. The lowest BCUT2D eigenvalue weighted by atomic mass is 10.00. The summed E-state index contributed by atoms with van der Waals surface area (Å²) in [5.41, 5.74) is -0.877. The van der Waals surface area contributed by atoms with Gasteiger partial charge in [-0.05, 0) is 60.1 Å². The first-order valence-corrected chi connectivity index (χ1v) is 9.23. The molecule has 1 atom stereocenters. The SMILES string of the molecule is C/C=C/CCN/C(=C/C(C)(NCC/C=C/C)C(=O)OCC)C(=O)OCC. The van der Waals surface area contributed by atoms with Crippen LogP contribution in [0.4, 0.5) is 0 Å². The van der Waals surface area contributed by atoms with Crippen LogP contribution in [0.1, 0.15) is 47.5 Å². The van der Waals surface area contributed by atoms with Gasteiger partial charge in [0.2, 0.25) is 0 Å². The van der Waals surface area contributed by atoms with Gasteiger partial charge in [0.1, 0.15) is 11.2 Å². The molecule has 2 N–H and O–H groups in total. The minimum Gasteiger partial charge on any atom is -0.464 e. The van der Waals surface area contributed by atoms with Gasteiger partial charge in [-0.3, -0.25) is 5.32 Å². The number of carbonyl (C=O) groups excluding carboxylic acids is 2. The van der Waals surface area contributed by atoms with Crippen LogP contribution in [0.25, 0.3) is 0 Å². The van der Waals surface area contributed by atoms with Crippen molar-refractivity contribution in [1.82, 2.24) is 10.6 Å². The molecule has 0 rings (SSSR count). The van der Waals surface area contributed by atoms with E-state index in [-0.39, 0.29) is 18.9 Å². The van der Waals surface area contributed by atoms with E-state index in [9.17, 15) is 9.59 Å². The maximum absolute atomic E-state index is 12.5. The normalized spacial score (nSPS) is 14.4. The Bertz CT molecular complexity index is 512. The third-order valence-electron chi connectivity index (χ3n) is 3.53. The van der Waals surface area contributed by atoms with Crippen molar-refractivity contribution < 1.29 is 19.1 Å². The van der Waals surface area contributed by atoms with Crippen LogP contribution >= 0.6 is 0 Å². The Balaban J connectivity index is 5.46.